The lowest BCUT2D eigenvalue weighted by atomic mass is 10.1. The van der Waals surface area contributed by atoms with Gasteiger partial charge in [-0.05, 0) is 24.6 Å². The molecule has 0 fully saturated rings. The van der Waals surface area contributed by atoms with Crippen LogP contribution >= 0.6 is 11.6 Å². The second-order valence-electron chi connectivity index (χ2n) is 5.44. The molecule has 0 atom stereocenters. The fourth-order valence-corrected chi connectivity index (χ4v) is 2.67. The molecular formula is C18H16ClFN4O2. The molecule has 1 aromatic carbocycles. The normalized spacial score (nSPS) is 10.6. The van der Waals surface area contributed by atoms with Crippen LogP contribution in [0.1, 0.15) is 5.56 Å². The molecule has 3 rings (SSSR count). The maximum Gasteiger partial charge on any atom is 0.318 e. The lowest BCUT2D eigenvalue weighted by molar-refractivity contribution is 0.381. The number of ether oxygens (including phenoxy) is 1. The first kappa shape index (κ1) is 17.9. The fourth-order valence-electron chi connectivity index (χ4n) is 2.41. The summed E-state index contributed by atoms with van der Waals surface area (Å²) in [4.78, 5) is 22.3. The molecule has 0 aliphatic carbocycles. The predicted octanol–water partition coefficient (Wildman–Crippen LogP) is 3.29. The summed E-state index contributed by atoms with van der Waals surface area (Å²) in [5.41, 5.74) is 1.54. The molecule has 6 nitrogen and oxygen atoms in total. The van der Waals surface area contributed by atoms with Gasteiger partial charge >= 0.3 is 6.01 Å². The Kier molecular flexibility index (Phi) is 5.48. The van der Waals surface area contributed by atoms with Crippen molar-refractivity contribution in [1.82, 2.24) is 15.0 Å². The number of methoxy groups -OCH3 is 1. The van der Waals surface area contributed by atoms with Crippen molar-refractivity contribution >= 4 is 17.4 Å². The fraction of sp³-hybridized carbons (Fsp3) is 0.167. The molecule has 134 valence electrons. The summed E-state index contributed by atoms with van der Waals surface area (Å²) in [6.45, 7) is 0.423. The van der Waals surface area contributed by atoms with Gasteiger partial charge in [0.1, 0.15) is 11.6 Å². The first-order valence-electron chi connectivity index (χ1n) is 7.86. The van der Waals surface area contributed by atoms with Crippen LogP contribution in [-0.4, -0.2) is 28.6 Å². The van der Waals surface area contributed by atoms with E-state index in [0.717, 1.165) is 0 Å². The van der Waals surface area contributed by atoms with Crippen molar-refractivity contribution in [3.8, 4) is 17.3 Å². The molecule has 0 radical (unpaired) electrons. The smallest absolute Gasteiger partial charge is 0.318 e. The van der Waals surface area contributed by atoms with Gasteiger partial charge in [-0.1, -0.05) is 17.7 Å². The maximum atomic E-state index is 13.8. The van der Waals surface area contributed by atoms with E-state index in [1.807, 2.05) is 0 Å². The van der Waals surface area contributed by atoms with Gasteiger partial charge in [-0.25, -0.2) is 4.39 Å². The lowest BCUT2D eigenvalue weighted by Crippen LogP contribution is -2.09. The molecule has 2 heterocycles. The second-order valence-corrected chi connectivity index (χ2v) is 5.85. The average molecular weight is 375 g/mol. The summed E-state index contributed by atoms with van der Waals surface area (Å²) < 4.78 is 19.0. The minimum Gasteiger partial charge on any atom is -0.467 e. The van der Waals surface area contributed by atoms with Crippen molar-refractivity contribution in [3.63, 3.8) is 0 Å². The summed E-state index contributed by atoms with van der Waals surface area (Å²) in [6.07, 6.45) is 1.96. The molecule has 0 aliphatic rings. The Morgan fingerprint density at radius 3 is 2.81 bits per heavy atom. The number of benzene rings is 1. The van der Waals surface area contributed by atoms with Gasteiger partial charge in [0.25, 0.3) is 0 Å². The number of aromatic nitrogens is 3. The zero-order valence-electron chi connectivity index (χ0n) is 13.9. The quantitative estimate of drug-likeness (QED) is 0.692. The number of rotatable bonds is 6. The molecule has 26 heavy (non-hydrogen) atoms. The zero-order chi connectivity index (χ0) is 18.5. The van der Waals surface area contributed by atoms with Gasteiger partial charge < -0.3 is 15.0 Å². The van der Waals surface area contributed by atoms with Crippen LogP contribution in [0.15, 0.2) is 47.4 Å². The van der Waals surface area contributed by atoms with Gasteiger partial charge in [-0.3, -0.25) is 4.79 Å². The van der Waals surface area contributed by atoms with E-state index in [1.54, 1.807) is 30.5 Å². The zero-order valence-corrected chi connectivity index (χ0v) is 14.7. The Labute approximate surface area is 154 Å². The highest BCUT2D eigenvalue weighted by atomic mass is 35.5. The van der Waals surface area contributed by atoms with Crippen LogP contribution in [0.5, 0.6) is 6.01 Å². The number of H-pyrrole nitrogens is 1. The average Bonchev–Trinajstić information content (AvgIpc) is 2.64. The second kappa shape index (κ2) is 7.97. The van der Waals surface area contributed by atoms with Gasteiger partial charge in [-0.2, -0.15) is 9.97 Å². The maximum absolute atomic E-state index is 13.8. The van der Waals surface area contributed by atoms with Crippen LogP contribution < -0.4 is 15.6 Å². The number of nitrogens with zero attached hydrogens (tertiary/aromatic N) is 2. The highest BCUT2D eigenvalue weighted by Gasteiger charge is 2.09. The number of aromatic amines is 1. The van der Waals surface area contributed by atoms with E-state index in [4.69, 9.17) is 16.3 Å². The standard InChI is InChI=1S/C18H16ClFN4O2/c1-26-18-23-15(11-5-6-17(25)22-10-11)9-16(24-18)21-8-7-12-13(19)3-2-4-14(12)20/h2-6,9-10H,7-8H2,1H3,(H,22,25)(H,21,23,24). The number of hydrogen-bond donors (Lipinski definition) is 2. The first-order chi connectivity index (χ1) is 12.6. The number of pyridine rings is 1. The Balaban J connectivity index is 1.78. The topological polar surface area (TPSA) is 79.9 Å². The molecule has 0 unspecified atom stereocenters. The van der Waals surface area contributed by atoms with E-state index < -0.39 is 0 Å². The molecule has 0 amide bonds. The highest BCUT2D eigenvalue weighted by Crippen LogP contribution is 2.22. The van der Waals surface area contributed by atoms with Crippen LogP contribution in [0.25, 0.3) is 11.3 Å². The van der Waals surface area contributed by atoms with Gasteiger partial charge in [0.05, 0.1) is 12.8 Å². The van der Waals surface area contributed by atoms with Crippen LogP contribution in [0.3, 0.4) is 0 Å². The van der Waals surface area contributed by atoms with Gasteiger partial charge in [0.15, 0.2) is 0 Å². The van der Waals surface area contributed by atoms with E-state index in [9.17, 15) is 9.18 Å². The van der Waals surface area contributed by atoms with Crippen LogP contribution in [-0.2, 0) is 6.42 Å². The van der Waals surface area contributed by atoms with Crippen molar-refractivity contribution in [2.75, 3.05) is 19.0 Å². The molecule has 2 aromatic heterocycles. The van der Waals surface area contributed by atoms with Crippen molar-refractivity contribution in [2.45, 2.75) is 6.42 Å². The third-order valence-electron chi connectivity index (χ3n) is 3.71. The largest absolute Gasteiger partial charge is 0.467 e. The summed E-state index contributed by atoms with van der Waals surface area (Å²) in [7, 11) is 1.47. The highest BCUT2D eigenvalue weighted by molar-refractivity contribution is 6.31. The molecule has 0 saturated heterocycles. The molecule has 0 spiro atoms. The van der Waals surface area contributed by atoms with E-state index in [1.165, 1.54) is 19.2 Å². The Hall–Kier alpha value is -2.93. The van der Waals surface area contributed by atoms with Gasteiger partial charge in [0.2, 0.25) is 5.56 Å². The van der Waals surface area contributed by atoms with Crippen molar-refractivity contribution < 1.29 is 9.13 Å². The summed E-state index contributed by atoms with van der Waals surface area (Å²) >= 11 is 6.03. The summed E-state index contributed by atoms with van der Waals surface area (Å²) in [5.74, 6) is 0.180. The van der Waals surface area contributed by atoms with Gasteiger partial charge in [0, 0.05) is 41.0 Å². The molecule has 0 aliphatic heterocycles. The first-order valence-corrected chi connectivity index (χ1v) is 8.23. The van der Waals surface area contributed by atoms with Gasteiger partial charge in [-0.15, -0.1) is 0 Å². The van der Waals surface area contributed by atoms with Crippen LogP contribution in [0.4, 0.5) is 10.2 Å². The third kappa shape index (κ3) is 4.18. The van der Waals surface area contributed by atoms with E-state index in [0.29, 0.717) is 40.6 Å². The minimum absolute atomic E-state index is 0.181. The molecule has 8 heteroatoms. The minimum atomic E-state index is -0.339. The Bertz CT molecular complexity index is 937. The van der Waals surface area contributed by atoms with Crippen molar-refractivity contribution in [3.05, 3.63) is 69.4 Å². The number of anilines is 1. The molecule has 0 saturated carbocycles. The van der Waals surface area contributed by atoms with Crippen molar-refractivity contribution in [2.24, 2.45) is 0 Å². The molecule has 0 bridgehead atoms. The number of halogens is 2. The Morgan fingerprint density at radius 1 is 1.27 bits per heavy atom. The number of hydrogen-bond acceptors (Lipinski definition) is 5. The summed E-state index contributed by atoms with van der Waals surface area (Å²) in [5, 5.41) is 3.51. The monoisotopic (exact) mass is 374 g/mol. The summed E-state index contributed by atoms with van der Waals surface area (Å²) in [6, 6.07) is 9.57. The number of nitrogens with one attached hydrogen (secondary N) is 2. The molecule has 3 aromatic rings. The third-order valence-corrected chi connectivity index (χ3v) is 4.07. The van der Waals surface area contributed by atoms with E-state index in [2.05, 4.69) is 20.3 Å². The van der Waals surface area contributed by atoms with Crippen LogP contribution in [0, 0.1) is 5.82 Å². The van der Waals surface area contributed by atoms with E-state index >= 15 is 0 Å². The van der Waals surface area contributed by atoms with E-state index in [-0.39, 0.29) is 17.4 Å². The molecular weight excluding hydrogens is 359 g/mol. The SMILES string of the molecule is COc1nc(NCCc2c(F)cccc2Cl)cc(-c2ccc(=O)[nH]c2)n1. The molecule has 2 N–H and O–H groups in total. The van der Waals surface area contributed by atoms with Crippen LogP contribution in [0.2, 0.25) is 5.02 Å². The predicted molar refractivity (Wildman–Crippen MR) is 98.2 cm³/mol. The Morgan fingerprint density at radius 2 is 2.12 bits per heavy atom. The van der Waals surface area contributed by atoms with Crippen molar-refractivity contribution in [1.29, 1.82) is 0 Å². The lowest BCUT2D eigenvalue weighted by Gasteiger charge is -2.10.